The second-order valence-electron chi connectivity index (χ2n) is 5.16. The van der Waals surface area contributed by atoms with Crippen LogP contribution in [0.25, 0.3) is 11.0 Å². The summed E-state index contributed by atoms with van der Waals surface area (Å²) in [5, 5.41) is 6.83. The molecule has 0 amide bonds. The molecule has 2 aromatic carbocycles. The van der Waals surface area contributed by atoms with Crippen molar-refractivity contribution in [3.8, 4) is 0 Å². The first kappa shape index (κ1) is 15.2. The van der Waals surface area contributed by atoms with Gasteiger partial charge in [0.2, 0.25) is 0 Å². The van der Waals surface area contributed by atoms with Gasteiger partial charge in [0.1, 0.15) is 0 Å². The molecule has 1 aromatic heterocycles. The maximum Gasteiger partial charge on any atom is 0.167 e. The fourth-order valence-electron chi connectivity index (χ4n) is 2.28. The van der Waals surface area contributed by atoms with Gasteiger partial charge in [-0.1, -0.05) is 23.7 Å². The molecule has 5 nitrogen and oxygen atoms in total. The summed E-state index contributed by atoms with van der Waals surface area (Å²) < 4.78 is 0. The van der Waals surface area contributed by atoms with E-state index in [0.717, 1.165) is 22.3 Å². The zero-order valence-electron chi connectivity index (χ0n) is 12.9. The van der Waals surface area contributed by atoms with Gasteiger partial charge in [-0.25, -0.2) is 9.99 Å². The van der Waals surface area contributed by atoms with Crippen molar-refractivity contribution in [2.75, 3.05) is 17.8 Å². The molecule has 0 aliphatic carbocycles. The Bertz CT molecular complexity index is 891. The zero-order valence-corrected chi connectivity index (χ0v) is 13.6. The number of nitrogens with two attached hydrogens (primary N) is 1. The molecule has 0 spiro atoms. The van der Waals surface area contributed by atoms with Gasteiger partial charge in [-0.15, -0.1) is 0 Å². The number of aromatic nitrogens is 2. The van der Waals surface area contributed by atoms with Gasteiger partial charge in [0, 0.05) is 23.3 Å². The molecular formula is C17H16ClN5. The van der Waals surface area contributed by atoms with Crippen LogP contribution in [0.3, 0.4) is 0 Å². The highest BCUT2D eigenvalue weighted by Crippen LogP contribution is 2.20. The van der Waals surface area contributed by atoms with E-state index in [2.05, 4.69) is 15.1 Å². The Morgan fingerprint density at radius 3 is 2.70 bits per heavy atom. The van der Waals surface area contributed by atoms with Gasteiger partial charge in [-0.3, -0.25) is 4.98 Å². The highest BCUT2D eigenvalue weighted by Gasteiger charge is 2.08. The Morgan fingerprint density at radius 2 is 1.91 bits per heavy atom. The summed E-state index contributed by atoms with van der Waals surface area (Å²) in [5.74, 6) is 0.656. The van der Waals surface area contributed by atoms with E-state index in [1.165, 1.54) is 0 Å². The lowest BCUT2D eigenvalue weighted by Gasteiger charge is -2.14. The summed E-state index contributed by atoms with van der Waals surface area (Å²) in [6.45, 7) is 1.88. The van der Waals surface area contributed by atoms with Crippen molar-refractivity contribution in [2.45, 2.75) is 6.92 Å². The first-order valence-corrected chi connectivity index (χ1v) is 7.48. The standard InChI is InChI=1S/C17H16ClN5/c1-11(13-9-12(18)7-8-14(13)19)22-23(2)17-10-20-15-5-3-4-6-16(15)21-17/h3-10H,19H2,1-2H3/b22-11+. The average Bonchev–Trinajstić information content (AvgIpc) is 2.56. The molecule has 1 heterocycles. The zero-order chi connectivity index (χ0) is 16.4. The molecule has 3 rings (SSSR count). The van der Waals surface area contributed by atoms with E-state index >= 15 is 0 Å². The summed E-state index contributed by atoms with van der Waals surface area (Å²) in [5.41, 5.74) is 9.86. The predicted octanol–water partition coefficient (Wildman–Crippen LogP) is 3.73. The second kappa shape index (κ2) is 6.22. The average molecular weight is 326 g/mol. The molecule has 0 radical (unpaired) electrons. The SMILES string of the molecule is C/C(=N\N(C)c1cnc2ccccc2n1)c1cc(Cl)ccc1N. The number of nitrogen functional groups attached to an aromatic ring is 1. The Balaban J connectivity index is 1.94. The van der Waals surface area contributed by atoms with Crippen molar-refractivity contribution in [1.82, 2.24) is 9.97 Å². The minimum Gasteiger partial charge on any atom is -0.398 e. The number of nitrogens with zero attached hydrogens (tertiary/aromatic N) is 4. The number of hydrazone groups is 1. The van der Waals surface area contributed by atoms with Crippen LogP contribution in [0.2, 0.25) is 5.02 Å². The summed E-state index contributed by atoms with van der Waals surface area (Å²) in [6, 6.07) is 13.0. The van der Waals surface area contributed by atoms with Gasteiger partial charge in [0.05, 0.1) is 22.9 Å². The minimum absolute atomic E-state index is 0.622. The Labute approximate surface area is 139 Å². The van der Waals surface area contributed by atoms with Gasteiger partial charge in [0.15, 0.2) is 5.82 Å². The summed E-state index contributed by atoms with van der Waals surface area (Å²) in [4.78, 5) is 8.96. The lowest BCUT2D eigenvalue weighted by Crippen LogP contribution is -2.14. The third-order valence-electron chi connectivity index (χ3n) is 3.47. The molecule has 116 valence electrons. The largest absolute Gasteiger partial charge is 0.398 e. The van der Waals surface area contributed by atoms with Crippen molar-refractivity contribution in [1.29, 1.82) is 0 Å². The van der Waals surface area contributed by atoms with Gasteiger partial charge in [-0.05, 0) is 37.3 Å². The fourth-order valence-corrected chi connectivity index (χ4v) is 2.45. The summed E-state index contributed by atoms with van der Waals surface area (Å²) in [6.07, 6.45) is 1.69. The Hall–Kier alpha value is -2.66. The first-order valence-electron chi connectivity index (χ1n) is 7.11. The first-order chi connectivity index (χ1) is 11.0. The molecule has 0 aliphatic heterocycles. The van der Waals surface area contributed by atoms with Crippen LogP contribution in [0.5, 0.6) is 0 Å². The number of halogens is 1. The van der Waals surface area contributed by atoms with E-state index in [1.54, 1.807) is 29.4 Å². The van der Waals surface area contributed by atoms with Crippen LogP contribution < -0.4 is 10.7 Å². The van der Waals surface area contributed by atoms with E-state index in [-0.39, 0.29) is 0 Å². The van der Waals surface area contributed by atoms with Crippen LogP contribution in [0, 0.1) is 0 Å². The maximum atomic E-state index is 6.03. The molecule has 3 aromatic rings. The van der Waals surface area contributed by atoms with Gasteiger partial charge < -0.3 is 5.73 Å². The smallest absolute Gasteiger partial charge is 0.167 e. The number of rotatable bonds is 3. The van der Waals surface area contributed by atoms with E-state index in [1.807, 2.05) is 38.2 Å². The number of hydrogen-bond acceptors (Lipinski definition) is 5. The van der Waals surface area contributed by atoms with Gasteiger partial charge in [0.25, 0.3) is 0 Å². The monoisotopic (exact) mass is 325 g/mol. The number of hydrogen-bond donors (Lipinski definition) is 1. The van der Waals surface area contributed by atoms with E-state index in [9.17, 15) is 0 Å². The van der Waals surface area contributed by atoms with Crippen LogP contribution in [0.1, 0.15) is 12.5 Å². The van der Waals surface area contributed by atoms with Crippen LogP contribution in [-0.2, 0) is 0 Å². The highest BCUT2D eigenvalue weighted by atomic mass is 35.5. The predicted molar refractivity (Wildman–Crippen MR) is 96.0 cm³/mol. The van der Waals surface area contributed by atoms with Gasteiger partial charge >= 0.3 is 0 Å². The van der Waals surface area contributed by atoms with Crippen molar-refractivity contribution in [2.24, 2.45) is 5.10 Å². The lowest BCUT2D eigenvalue weighted by molar-refractivity contribution is 0.974. The summed E-state index contributed by atoms with van der Waals surface area (Å²) in [7, 11) is 1.82. The molecule has 23 heavy (non-hydrogen) atoms. The molecule has 0 fully saturated rings. The van der Waals surface area contributed by atoms with Crippen molar-refractivity contribution in [3.05, 3.63) is 59.2 Å². The molecule has 0 saturated heterocycles. The van der Waals surface area contributed by atoms with Crippen LogP contribution in [0.15, 0.2) is 53.8 Å². The third kappa shape index (κ3) is 3.24. The van der Waals surface area contributed by atoms with E-state index < -0.39 is 0 Å². The van der Waals surface area contributed by atoms with E-state index in [0.29, 0.717) is 16.5 Å². The molecule has 2 N–H and O–H groups in total. The minimum atomic E-state index is 0.622. The van der Waals surface area contributed by atoms with Crippen LogP contribution >= 0.6 is 11.6 Å². The topological polar surface area (TPSA) is 67.4 Å². The number of para-hydroxylation sites is 2. The molecule has 0 unspecified atom stereocenters. The number of benzene rings is 2. The molecule has 0 atom stereocenters. The van der Waals surface area contributed by atoms with Crippen molar-refractivity contribution >= 4 is 39.9 Å². The van der Waals surface area contributed by atoms with E-state index in [4.69, 9.17) is 17.3 Å². The fraction of sp³-hybridized carbons (Fsp3) is 0.118. The number of fused-ring (bicyclic) bond motifs is 1. The van der Waals surface area contributed by atoms with Crippen molar-refractivity contribution in [3.63, 3.8) is 0 Å². The quantitative estimate of drug-likeness (QED) is 0.452. The normalized spacial score (nSPS) is 11.7. The Morgan fingerprint density at radius 1 is 1.17 bits per heavy atom. The molecular weight excluding hydrogens is 310 g/mol. The molecule has 0 aliphatic rings. The Kier molecular flexibility index (Phi) is 4.12. The number of anilines is 2. The van der Waals surface area contributed by atoms with Crippen LogP contribution in [-0.4, -0.2) is 22.7 Å². The lowest BCUT2D eigenvalue weighted by atomic mass is 10.1. The van der Waals surface area contributed by atoms with Crippen LogP contribution in [0.4, 0.5) is 11.5 Å². The molecule has 0 bridgehead atoms. The molecule has 6 heteroatoms. The molecule has 0 saturated carbocycles. The third-order valence-corrected chi connectivity index (χ3v) is 3.71. The van der Waals surface area contributed by atoms with Gasteiger partial charge in [-0.2, -0.15) is 5.10 Å². The summed E-state index contributed by atoms with van der Waals surface area (Å²) >= 11 is 6.03. The maximum absolute atomic E-state index is 6.03. The highest BCUT2D eigenvalue weighted by molar-refractivity contribution is 6.31. The second-order valence-corrected chi connectivity index (χ2v) is 5.59. The van der Waals surface area contributed by atoms with Crippen molar-refractivity contribution < 1.29 is 0 Å².